The summed E-state index contributed by atoms with van der Waals surface area (Å²) in [5.41, 5.74) is 6.92. The predicted molar refractivity (Wildman–Crippen MR) is 255 cm³/mol. The molecule has 0 saturated carbocycles. The topological polar surface area (TPSA) is 288 Å². The molecular weight excluding hydrogens is 871 g/mol. The second kappa shape index (κ2) is 36.5. The molecule has 376 valence electrons. The van der Waals surface area contributed by atoms with Crippen molar-refractivity contribution >= 4 is 57.2 Å². The van der Waals surface area contributed by atoms with Crippen molar-refractivity contribution in [2.24, 2.45) is 11.7 Å². The lowest BCUT2D eigenvalue weighted by Crippen LogP contribution is -2.46. The highest BCUT2D eigenvalue weighted by Crippen LogP contribution is 2.18. The SMILES string of the molecule is CCCCNc1ccc(C(=O)NCCCC[C@H](NC(=O)CC[C@H](CC(=O)[C@H](CS(=O)(=O)O)NC(=O)CCCCCCCCCCCCCCCCCCCCC(=O)O)C(=O)O)C(N)=O)cc1. The molecule has 0 aliphatic rings. The second-order valence-corrected chi connectivity index (χ2v) is 19.0. The van der Waals surface area contributed by atoms with Gasteiger partial charge in [0.05, 0.1) is 5.92 Å². The summed E-state index contributed by atoms with van der Waals surface area (Å²) in [7, 11) is -4.73. The molecule has 66 heavy (non-hydrogen) atoms. The molecule has 0 aromatic heterocycles. The van der Waals surface area contributed by atoms with Gasteiger partial charge < -0.3 is 37.2 Å². The highest BCUT2D eigenvalue weighted by atomic mass is 32.2. The first-order valence-electron chi connectivity index (χ1n) is 24.4. The van der Waals surface area contributed by atoms with Crippen molar-refractivity contribution in [1.29, 1.82) is 0 Å². The Bertz CT molecular complexity index is 1690. The van der Waals surface area contributed by atoms with Gasteiger partial charge in [0.1, 0.15) is 17.8 Å². The number of primary amides is 1. The molecule has 9 N–H and O–H groups in total. The number of Topliss-reactive ketones (excluding diaryl/α,β-unsaturated/α-hetero) is 1. The molecule has 0 aliphatic carbocycles. The van der Waals surface area contributed by atoms with Gasteiger partial charge in [-0.1, -0.05) is 116 Å². The average Bonchev–Trinajstić information content (AvgIpc) is 3.25. The second-order valence-electron chi connectivity index (χ2n) is 17.5. The monoisotopic (exact) mass is 952 g/mol. The fraction of sp³-hybridized carbons (Fsp3) is 0.729. The fourth-order valence-corrected chi connectivity index (χ4v) is 8.25. The van der Waals surface area contributed by atoms with Crippen molar-refractivity contribution in [2.75, 3.05) is 24.2 Å². The number of carbonyl (C=O) groups excluding carboxylic acids is 5. The van der Waals surface area contributed by atoms with Crippen LogP contribution in [-0.2, 0) is 38.9 Å². The molecule has 0 aliphatic heterocycles. The minimum atomic E-state index is -4.73. The molecule has 0 fully saturated rings. The standard InChI is InChI=1S/C48H81N5O12S/c1-2-3-33-50-39-30-27-37(28-31-39)47(60)51-34-23-22-24-40(46(49)59)52-44(56)32-29-38(48(61)62)35-42(54)41(36-66(63,64)65)53-43(55)25-20-18-16-14-12-10-8-6-4-5-7-9-11-13-15-17-19-21-26-45(57)58/h27-28,30-31,38,40-41,50H,2-26,29,32-36H2,1H3,(H2,49,59)(H,51,60)(H,52,56)(H,53,55)(H,57,58)(H,61,62)(H,63,64,65)/t38-,40+,41+/m1/s1. The number of anilines is 1. The van der Waals surface area contributed by atoms with E-state index in [-0.39, 0.29) is 31.6 Å². The van der Waals surface area contributed by atoms with Gasteiger partial charge in [0.2, 0.25) is 17.7 Å². The molecule has 0 spiro atoms. The van der Waals surface area contributed by atoms with Crippen LogP contribution in [0.4, 0.5) is 5.69 Å². The summed E-state index contributed by atoms with van der Waals surface area (Å²) in [5, 5.41) is 29.4. The zero-order chi connectivity index (χ0) is 49.0. The largest absolute Gasteiger partial charge is 0.481 e. The van der Waals surface area contributed by atoms with Gasteiger partial charge in [-0.25, -0.2) is 0 Å². The number of nitrogens with one attached hydrogen (secondary N) is 4. The van der Waals surface area contributed by atoms with E-state index in [0.717, 1.165) is 76.4 Å². The Morgan fingerprint density at radius 3 is 1.55 bits per heavy atom. The van der Waals surface area contributed by atoms with Crippen LogP contribution in [-0.4, -0.2) is 95.5 Å². The van der Waals surface area contributed by atoms with Crippen molar-refractivity contribution in [3.05, 3.63) is 29.8 Å². The van der Waals surface area contributed by atoms with Gasteiger partial charge in [0.15, 0.2) is 5.78 Å². The molecule has 1 rings (SSSR count). The van der Waals surface area contributed by atoms with Crippen LogP contribution in [0.25, 0.3) is 0 Å². The Hall–Kier alpha value is -4.58. The summed E-state index contributed by atoms with van der Waals surface area (Å²) >= 11 is 0. The van der Waals surface area contributed by atoms with Gasteiger partial charge >= 0.3 is 11.9 Å². The average molecular weight is 952 g/mol. The van der Waals surface area contributed by atoms with Crippen LogP contribution in [0.2, 0.25) is 0 Å². The van der Waals surface area contributed by atoms with E-state index in [1.807, 2.05) is 12.1 Å². The number of aliphatic carboxylic acids is 2. The first kappa shape index (κ1) is 59.4. The first-order chi connectivity index (χ1) is 31.5. The number of carbonyl (C=O) groups is 7. The molecule has 17 nitrogen and oxygen atoms in total. The maximum absolute atomic E-state index is 13.1. The molecule has 0 unspecified atom stereocenters. The fourth-order valence-electron chi connectivity index (χ4n) is 7.56. The number of hydrogen-bond acceptors (Lipinski definition) is 10. The number of carboxylic acid groups (broad SMARTS) is 2. The molecule has 0 bridgehead atoms. The third-order valence-electron chi connectivity index (χ3n) is 11.6. The molecular formula is C48H81N5O12S. The Kier molecular flexibility index (Phi) is 32.9. The summed E-state index contributed by atoms with van der Waals surface area (Å²) in [6.45, 7) is 3.26. The van der Waals surface area contributed by atoms with Crippen molar-refractivity contribution in [3.63, 3.8) is 0 Å². The molecule has 18 heteroatoms. The number of rotatable bonds is 43. The number of nitrogens with two attached hydrogens (primary N) is 1. The summed E-state index contributed by atoms with van der Waals surface area (Å²) in [6.07, 6.45) is 21.4. The van der Waals surface area contributed by atoms with Crippen LogP contribution in [0.1, 0.15) is 197 Å². The number of carboxylic acids is 2. The van der Waals surface area contributed by atoms with Gasteiger partial charge in [-0.2, -0.15) is 8.42 Å². The van der Waals surface area contributed by atoms with Gasteiger partial charge in [0, 0.05) is 50.0 Å². The maximum Gasteiger partial charge on any atom is 0.306 e. The van der Waals surface area contributed by atoms with Crippen LogP contribution < -0.4 is 27.0 Å². The zero-order valence-corrected chi connectivity index (χ0v) is 40.3. The first-order valence-corrected chi connectivity index (χ1v) is 26.1. The summed E-state index contributed by atoms with van der Waals surface area (Å²) in [4.78, 5) is 85.8. The van der Waals surface area contributed by atoms with Gasteiger partial charge in [0.25, 0.3) is 16.0 Å². The molecule has 0 radical (unpaired) electrons. The van der Waals surface area contributed by atoms with Crippen LogP contribution >= 0.6 is 0 Å². The van der Waals surface area contributed by atoms with Crippen molar-refractivity contribution in [1.82, 2.24) is 16.0 Å². The summed E-state index contributed by atoms with van der Waals surface area (Å²) < 4.78 is 32.9. The van der Waals surface area contributed by atoms with E-state index < -0.39 is 82.2 Å². The van der Waals surface area contributed by atoms with Crippen LogP contribution in [0, 0.1) is 5.92 Å². The number of ketones is 1. The Morgan fingerprint density at radius 2 is 1.08 bits per heavy atom. The van der Waals surface area contributed by atoms with Gasteiger partial charge in [-0.3, -0.25) is 38.1 Å². The van der Waals surface area contributed by atoms with E-state index >= 15 is 0 Å². The molecule has 4 amide bonds. The van der Waals surface area contributed by atoms with Crippen molar-refractivity contribution in [2.45, 2.75) is 199 Å². The molecule has 0 saturated heterocycles. The molecule has 1 aromatic carbocycles. The lowest BCUT2D eigenvalue weighted by Gasteiger charge is -2.19. The molecule has 3 atom stereocenters. The smallest absolute Gasteiger partial charge is 0.306 e. The van der Waals surface area contributed by atoms with Crippen molar-refractivity contribution < 1.29 is 56.7 Å². The van der Waals surface area contributed by atoms with E-state index in [2.05, 4.69) is 28.2 Å². The van der Waals surface area contributed by atoms with E-state index in [0.29, 0.717) is 31.4 Å². The maximum atomic E-state index is 13.1. The van der Waals surface area contributed by atoms with Crippen molar-refractivity contribution in [3.8, 4) is 0 Å². The van der Waals surface area contributed by atoms with E-state index in [1.165, 1.54) is 57.8 Å². The lowest BCUT2D eigenvalue weighted by atomic mass is 9.94. The quantitative estimate of drug-likeness (QED) is 0.0233. The Balaban J connectivity index is 2.35. The lowest BCUT2D eigenvalue weighted by molar-refractivity contribution is -0.144. The minimum Gasteiger partial charge on any atom is -0.481 e. The van der Waals surface area contributed by atoms with E-state index in [9.17, 15) is 51.6 Å². The highest BCUT2D eigenvalue weighted by Gasteiger charge is 2.31. The molecule has 0 heterocycles. The number of amides is 4. The minimum absolute atomic E-state index is 0.0199. The predicted octanol–water partition coefficient (Wildman–Crippen LogP) is 7.47. The van der Waals surface area contributed by atoms with Crippen LogP contribution in [0.3, 0.4) is 0 Å². The van der Waals surface area contributed by atoms with Gasteiger partial charge in [-0.15, -0.1) is 0 Å². The third-order valence-corrected chi connectivity index (χ3v) is 12.3. The summed E-state index contributed by atoms with van der Waals surface area (Å²) in [5.74, 6) is -7.96. The normalized spacial score (nSPS) is 12.7. The summed E-state index contributed by atoms with van der Waals surface area (Å²) in [6, 6.07) is 4.37. The van der Waals surface area contributed by atoms with Crippen LogP contribution in [0.5, 0.6) is 0 Å². The number of hydrogen-bond donors (Lipinski definition) is 8. The molecule has 1 aromatic rings. The zero-order valence-electron chi connectivity index (χ0n) is 39.5. The number of unbranched alkanes of at least 4 members (excludes halogenated alkanes) is 19. The number of benzene rings is 1. The van der Waals surface area contributed by atoms with E-state index in [4.69, 9.17) is 10.8 Å². The van der Waals surface area contributed by atoms with Gasteiger partial charge in [-0.05, 0) is 69.2 Å². The van der Waals surface area contributed by atoms with Crippen LogP contribution in [0.15, 0.2) is 24.3 Å². The Morgan fingerprint density at radius 1 is 0.591 bits per heavy atom. The third kappa shape index (κ3) is 32.2. The Labute approximate surface area is 393 Å². The van der Waals surface area contributed by atoms with E-state index in [1.54, 1.807) is 12.1 Å². The highest BCUT2D eigenvalue weighted by molar-refractivity contribution is 7.85.